The largest absolute Gasteiger partial charge is 0.481 e. The Hall–Kier alpha value is -1.51. The van der Waals surface area contributed by atoms with E-state index < -0.39 is 28.0 Å². The Morgan fingerprint density at radius 3 is 2.43 bits per heavy atom. The minimum absolute atomic E-state index is 0.147. The van der Waals surface area contributed by atoms with E-state index in [2.05, 4.69) is 0 Å². The van der Waals surface area contributed by atoms with Crippen LogP contribution in [0.1, 0.15) is 24.9 Å². The van der Waals surface area contributed by atoms with Crippen LogP contribution in [0.4, 0.5) is 4.39 Å². The molecule has 0 bridgehead atoms. The summed E-state index contributed by atoms with van der Waals surface area (Å²) in [7, 11) is -1.23. The number of carbonyl (C=O) groups is 1. The molecule has 0 aliphatic carbocycles. The monoisotopic (exact) mass is 318 g/mol. The average molecular weight is 318 g/mol. The van der Waals surface area contributed by atoms with Crippen LogP contribution in [0.25, 0.3) is 0 Å². The van der Waals surface area contributed by atoms with Gasteiger partial charge in [0.15, 0.2) is 0 Å². The van der Waals surface area contributed by atoms with Gasteiger partial charge in [0, 0.05) is 26.2 Å². The van der Waals surface area contributed by atoms with Gasteiger partial charge in [0.2, 0.25) is 0 Å². The van der Waals surface area contributed by atoms with Crippen molar-refractivity contribution in [2.24, 2.45) is 0 Å². The van der Waals surface area contributed by atoms with Gasteiger partial charge < -0.3 is 5.11 Å². The van der Waals surface area contributed by atoms with Gasteiger partial charge in [-0.15, -0.1) is 0 Å². The fraction of sp³-hybridized carbons (Fsp3) is 0.462. The predicted octanol–water partition coefficient (Wildman–Crippen LogP) is 1.47. The third-order valence-electron chi connectivity index (χ3n) is 3.30. The fourth-order valence-electron chi connectivity index (χ4n) is 1.80. The van der Waals surface area contributed by atoms with Crippen LogP contribution in [-0.4, -0.2) is 48.7 Å². The van der Waals surface area contributed by atoms with Crippen molar-refractivity contribution in [2.75, 3.05) is 20.6 Å². The maximum atomic E-state index is 13.7. The molecule has 0 aromatic heterocycles. The Bertz CT molecular complexity index is 606. The summed E-state index contributed by atoms with van der Waals surface area (Å²) in [5, 5.41) is 8.61. The smallest absolute Gasteiger partial charge is 0.304 e. The number of aliphatic carboxylic acids is 1. The van der Waals surface area contributed by atoms with Crippen LogP contribution in [0.2, 0.25) is 0 Å². The molecule has 118 valence electrons. The Balaban J connectivity index is 2.92. The number of benzene rings is 1. The summed E-state index contributed by atoms with van der Waals surface area (Å²) in [5.41, 5.74) is 0.259. The maximum absolute atomic E-state index is 13.7. The van der Waals surface area contributed by atoms with Gasteiger partial charge in [0.1, 0.15) is 5.82 Å². The van der Waals surface area contributed by atoms with Crippen LogP contribution in [0.3, 0.4) is 0 Å². The minimum Gasteiger partial charge on any atom is -0.481 e. The lowest BCUT2D eigenvalue weighted by molar-refractivity contribution is -0.137. The quantitative estimate of drug-likeness (QED) is 0.826. The van der Waals surface area contributed by atoms with E-state index in [-0.39, 0.29) is 18.5 Å². The zero-order valence-corrected chi connectivity index (χ0v) is 13.0. The van der Waals surface area contributed by atoms with Gasteiger partial charge in [0.25, 0.3) is 10.2 Å². The molecule has 21 heavy (non-hydrogen) atoms. The summed E-state index contributed by atoms with van der Waals surface area (Å²) in [4.78, 5) is 10.5. The first-order chi connectivity index (χ1) is 9.67. The Morgan fingerprint density at radius 2 is 1.90 bits per heavy atom. The van der Waals surface area contributed by atoms with E-state index in [4.69, 9.17) is 5.11 Å². The molecule has 0 amide bonds. The summed E-state index contributed by atoms with van der Waals surface area (Å²) in [6, 6.07) is 5.23. The summed E-state index contributed by atoms with van der Waals surface area (Å²) in [6.45, 7) is 1.42. The lowest BCUT2D eigenvalue weighted by atomic mass is 10.1. The zero-order valence-electron chi connectivity index (χ0n) is 12.2. The molecule has 1 N–H and O–H groups in total. The molecule has 1 atom stereocenters. The van der Waals surface area contributed by atoms with Crippen molar-refractivity contribution in [1.82, 2.24) is 8.61 Å². The van der Waals surface area contributed by atoms with E-state index in [1.54, 1.807) is 13.0 Å². The van der Waals surface area contributed by atoms with Crippen LogP contribution >= 0.6 is 0 Å². The fourth-order valence-corrected chi connectivity index (χ4v) is 3.07. The molecule has 1 aromatic carbocycles. The highest BCUT2D eigenvalue weighted by molar-refractivity contribution is 7.86. The Kier molecular flexibility index (Phi) is 5.82. The van der Waals surface area contributed by atoms with Gasteiger partial charge in [0.05, 0.1) is 12.5 Å². The summed E-state index contributed by atoms with van der Waals surface area (Å²) in [6.07, 6.45) is -0.294. The van der Waals surface area contributed by atoms with Crippen molar-refractivity contribution in [1.29, 1.82) is 0 Å². The molecule has 0 saturated heterocycles. The topological polar surface area (TPSA) is 77.9 Å². The molecule has 0 fully saturated rings. The van der Waals surface area contributed by atoms with Crippen molar-refractivity contribution in [3.8, 4) is 0 Å². The van der Waals surface area contributed by atoms with Crippen molar-refractivity contribution in [3.63, 3.8) is 0 Å². The van der Waals surface area contributed by atoms with E-state index in [0.717, 1.165) is 8.61 Å². The number of rotatable bonds is 7. The van der Waals surface area contributed by atoms with E-state index >= 15 is 0 Å². The van der Waals surface area contributed by atoms with E-state index in [9.17, 15) is 17.6 Å². The Morgan fingerprint density at radius 1 is 1.33 bits per heavy atom. The van der Waals surface area contributed by atoms with E-state index in [1.807, 2.05) is 0 Å². The number of hydrogen-bond acceptors (Lipinski definition) is 3. The first-order valence-electron chi connectivity index (χ1n) is 6.33. The van der Waals surface area contributed by atoms with Crippen molar-refractivity contribution >= 4 is 16.2 Å². The first kappa shape index (κ1) is 17.5. The molecular weight excluding hydrogens is 299 g/mol. The highest BCUT2D eigenvalue weighted by Crippen LogP contribution is 2.24. The lowest BCUT2D eigenvalue weighted by Gasteiger charge is -2.29. The molecule has 0 spiro atoms. The summed E-state index contributed by atoms with van der Waals surface area (Å²) >= 11 is 0. The normalized spacial score (nSPS) is 13.6. The van der Waals surface area contributed by atoms with Gasteiger partial charge in [-0.2, -0.15) is 17.0 Å². The van der Waals surface area contributed by atoms with Crippen LogP contribution in [0, 0.1) is 5.82 Å². The molecule has 6 nitrogen and oxygen atoms in total. The van der Waals surface area contributed by atoms with Crippen LogP contribution in [0.5, 0.6) is 0 Å². The molecule has 1 aromatic rings. The molecule has 1 rings (SSSR count). The number of carboxylic acid groups (broad SMARTS) is 1. The highest BCUT2D eigenvalue weighted by atomic mass is 32.2. The third-order valence-corrected chi connectivity index (χ3v) is 5.31. The SMILES string of the molecule is CC(c1ccccc1F)N(C)S(=O)(=O)N(C)CCC(=O)O. The predicted molar refractivity (Wildman–Crippen MR) is 76.4 cm³/mol. The van der Waals surface area contributed by atoms with E-state index in [0.29, 0.717) is 0 Å². The van der Waals surface area contributed by atoms with Gasteiger partial charge in [-0.3, -0.25) is 4.79 Å². The maximum Gasteiger partial charge on any atom is 0.304 e. The second-order valence-corrected chi connectivity index (χ2v) is 6.78. The standard InChI is InChI=1S/C13H19FN2O4S/c1-10(11-6-4-5-7-12(11)14)16(3)21(19,20)15(2)9-8-13(17)18/h4-7,10H,8-9H2,1-3H3,(H,17,18). The number of carboxylic acids is 1. The third kappa shape index (κ3) is 4.23. The summed E-state index contributed by atoms with van der Waals surface area (Å²) < 4.78 is 40.3. The molecule has 0 heterocycles. The number of halogens is 1. The minimum atomic E-state index is -3.86. The number of nitrogens with zero attached hydrogens (tertiary/aromatic N) is 2. The summed E-state index contributed by atoms with van der Waals surface area (Å²) in [5.74, 6) is -1.57. The Labute approximate surface area is 124 Å². The second-order valence-electron chi connectivity index (χ2n) is 4.69. The molecule has 0 aliphatic rings. The highest BCUT2D eigenvalue weighted by Gasteiger charge is 2.29. The van der Waals surface area contributed by atoms with Crippen molar-refractivity contribution in [2.45, 2.75) is 19.4 Å². The van der Waals surface area contributed by atoms with Gasteiger partial charge in [-0.25, -0.2) is 4.39 Å². The average Bonchev–Trinajstić information content (AvgIpc) is 2.43. The van der Waals surface area contributed by atoms with Crippen LogP contribution in [-0.2, 0) is 15.0 Å². The molecule has 8 heteroatoms. The zero-order chi connectivity index (χ0) is 16.2. The molecule has 1 unspecified atom stereocenters. The molecule has 0 aliphatic heterocycles. The lowest BCUT2D eigenvalue weighted by Crippen LogP contribution is -2.41. The molecule has 0 saturated carbocycles. The number of hydrogen-bond donors (Lipinski definition) is 1. The second kappa shape index (κ2) is 6.97. The van der Waals surface area contributed by atoms with E-state index in [1.165, 1.54) is 32.3 Å². The van der Waals surface area contributed by atoms with Gasteiger partial charge in [-0.1, -0.05) is 18.2 Å². The van der Waals surface area contributed by atoms with Gasteiger partial charge >= 0.3 is 5.97 Å². The van der Waals surface area contributed by atoms with Crippen molar-refractivity contribution < 1.29 is 22.7 Å². The van der Waals surface area contributed by atoms with Crippen LogP contribution in [0.15, 0.2) is 24.3 Å². The van der Waals surface area contributed by atoms with Gasteiger partial charge in [-0.05, 0) is 13.0 Å². The van der Waals surface area contributed by atoms with Crippen molar-refractivity contribution in [3.05, 3.63) is 35.6 Å². The first-order valence-corrected chi connectivity index (χ1v) is 7.73. The molecular formula is C13H19FN2O4S. The van der Waals surface area contributed by atoms with Crippen LogP contribution < -0.4 is 0 Å². The molecule has 0 radical (unpaired) electrons.